The quantitative estimate of drug-likeness (QED) is 0.784. The van der Waals surface area contributed by atoms with Crippen LogP contribution >= 0.6 is 0 Å². The van der Waals surface area contributed by atoms with Gasteiger partial charge in [0.25, 0.3) is 0 Å². The number of rotatable bonds is 6. The highest BCUT2D eigenvalue weighted by molar-refractivity contribution is 7.89. The zero-order chi connectivity index (χ0) is 14.6. The minimum atomic E-state index is -3.65. The number of benzene rings is 1. The molecule has 0 saturated carbocycles. The van der Waals surface area contributed by atoms with Crippen LogP contribution in [0, 0.1) is 13.8 Å². The molecule has 0 aliphatic carbocycles. The summed E-state index contributed by atoms with van der Waals surface area (Å²) in [4.78, 5) is 11.1. The van der Waals surface area contributed by atoms with E-state index in [1.54, 1.807) is 19.9 Å². The Hall–Kier alpha value is -1.40. The number of hydrogen-bond donors (Lipinski definition) is 2. The fourth-order valence-electron chi connectivity index (χ4n) is 1.81. The summed E-state index contributed by atoms with van der Waals surface area (Å²) in [6.07, 6.45) is 1.63. The first-order chi connectivity index (χ1) is 8.79. The van der Waals surface area contributed by atoms with Crippen molar-refractivity contribution in [3.8, 4) is 0 Å². The molecule has 0 aliphatic rings. The van der Waals surface area contributed by atoms with Crippen LogP contribution in [0.1, 0.15) is 41.3 Å². The van der Waals surface area contributed by atoms with Gasteiger partial charge in [-0.1, -0.05) is 19.4 Å². The molecular formula is C13H19NO4S. The smallest absolute Gasteiger partial charge is 0.335 e. The number of nitrogens with one attached hydrogen (secondary N) is 1. The van der Waals surface area contributed by atoms with E-state index < -0.39 is 16.0 Å². The van der Waals surface area contributed by atoms with Crippen molar-refractivity contribution in [1.82, 2.24) is 4.72 Å². The minimum absolute atomic E-state index is 0.0152. The van der Waals surface area contributed by atoms with Gasteiger partial charge in [0, 0.05) is 6.54 Å². The molecule has 0 spiro atoms. The van der Waals surface area contributed by atoms with Crippen LogP contribution in [0.5, 0.6) is 0 Å². The van der Waals surface area contributed by atoms with E-state index in [-0.39, 0.29) is 10.5 Å². The van der Waals surface area contributed by atoms with E-state index in [0.717, 1.165) is 12.8 Å². The Morgan fingerprint density at radius 3 is 2.42 bits per heavy atom. The van der Waals surface area contributed by atoms with E-state index in [1.807, 2.05) is 6.92 Å². The number of unbranched alkanes of at least 4 members (excludes halogenated alkanes) is 1. The first-order valence-corrected chi connectivity index (χ1v) is 7.62. The van der Waals surface area contributed by atoms with Crippen molar-refractivity contribution < 1.29 is 18.3 Å². The van der Waals surface area contributed by atoms with Gasteiger partial charge >= 0.3 is 5.97 Å². The second-order valence-corrected chi connectivity index (χ2v) is 6.22. The molecule has 0 unspecified atom stereocenters. The van der Waals surface area contributed by atoms with Crippen LogP contribution in [-0.2, 0) is 10.0 Å². The highest BCUT2D eigenvalue weighted by Gasteiger charge is 2.20. The largest absolute Gasteiger partial charge is 0.478 e. The topological polar surface area (TPSA) is 83.5 Å². The second kappa shape index (κ2) is 6.16. The molecular weight excluding hydrogens is 266 g/mol. The van der Waals surface area contributed by atoms with Crippen LogP contribution in [0.2, 0.25) is 0 Å². The van der Waals surface area contributed by atoms with E-state index in [2.05, 4.69) is 4.72 Å². The van der Waals surface area contributed by atoms with Crippen molar-refractivity contribution >= 4 is 16.0 Å². The van der Waals surface area contributed by atoms with E-state index in [9.17, 15) is 13.2 Å². The predicted molar refractivity (Wildman–Crippen MR) is 73.0 cm³/mol. The van der Waals surface area contributed by atoms with Gasteiger partial charge in [-0.3, -0.25) is 0 Å². The number of hydrogen-bond acceptors (Lipinski definition) is 3. The fourth-order valence-corrected chi connectivity index (χ4v) is 3.14. The number of carbonyl (C=O) groups is 1. The Labute approximate surface area is 113 Å². The maximum Gasteiger partial charge on any atom is 0.335 e. The van der Waals surface area contributed by atoms with Crippen molar-refractivity contribution in [3.63, 3.8) is 0 Å². The predicted octanol–water partition coefficient (Wildman–Crippen LogP) is 2.08. The van der Waals surface area contributed by atoms with E-state index in [1.165, 1.54) is 6.07 Å². The molecule has 0 amide bonds. The van der Waals surface area contributed by atoms with Crippen LogP contribution in [-0.4, -0.2) is 26.0 Å². The Balaban J connectivity index is 3.19. The zero-order valence-electron chi connectivity index (χ0n) is 11.4. The van der Waals surface area contributed by atoms with Gasteiger partial charge in [0.15, 0.2) is 0 Å². The van der Waals surface area contributed by atoms with Crippen molar-refractivity contribution in [3.05, 3.63) is 28.8 Å². The summed E-state index contributed by atoms with van der Waals surface area (Å²) in [5.41, 5.74) is 1.12. The molecule has 1 aromatic carbocycles. The zero-order valence-corrected chi connectivity index (χ0v) is 12.2. The summed E-state index contributed by atoms with van der Waals surface area (Å²) in [6.45, 7) is 5.63. The lowest BCUT2D eigenvalue weighted by molar-refractivity contribution is 0.0696. The maximum absolute atomic E-state index is 12.1. The van der Waals surface area contributed by atoms with Gasteiger partial charge in [-0.2, -0.15) is 0 Å². The Morgan fingerprint density at radius 1 is 1.26 bits per heavy atom. The molecule has 0 heterocycles. The molecule has 5 nitrogen and oxygen atoms in total. The van der Waals surface area contributed by atoms with Crippen molar-refractivity contribution in [2.45, 2.75) is 38.5 Å². The standard InChI is InChI=1S/C13H19NO4S/c1-4-5-6-14-19(17,18)12-8-11(13(15)16)9(2)7-10(12)3/h7-8,14H,4-6H2,1-3H3,(H,15,16). The summed E-state index contributed by atoms with van der Waals surface area (Å²) < 4.78 is 26.7. The lowest BCUT2D eigenvalue weighted by Crippen LogP contribution is -2.25. The monoisotopic (exact) mass is 285 g/mol. The number of aryl methyl sites for hydroxylation is 2. The average molecular weight is 285 g/mol. The van der Waals surface area contributed by atoms with Crippen LogP contribution < -0.4 is 4.72 Å². The maximum atomic E-state index is 12.1. The van der Waals surface area contributed by atoms with E-state index in [4.69, 9.17) is 5.11 Å². The summed E-state index contributed by atoms with van der Waals surface area (Å²) in [7, 11) is -3.65. The molecule has 106 valence electrons. The summed E-state index contributed by atoms with van der Waals surface area (Å²) in [5, 5.41) is 9.05. The summed E-state index contributed by atoms with van der Waals surface area (Å²) in [6, 6.07) is 2.80. The lowest BCUT2D eigenvalue weighted by atomic mass is 10.1. The summed E-state index contributed by atoms with van der Waals surface area (Å²) >= 11 is 0. The van der Waals surface area contributed by atoms with Gasteiger partial charge < -0.3 is 5.11 Å². The molecule has 1 aromatic rings. The molecule has 6 heteroatoms. The highest BCUT2D eigenvalue weighted by Crippen LogP contribution is 2.20. The highest BCUT2D eigenvalue weighted by atomic mass is 32.2. The molecule has 0 saturated heterocycles. The van der Waals surface area contributed by atoms with Crippen LogP contribution in [0.4, 0.5) is 0 Å². The van der Waals surface area contributed by atoms with Crippen molar-refractivity contribution in [1.29, 1.82) is 0 Å². The SMILES string of the molecule is CCCCNS(=O)(=O)c1cc(C(=O)O)c(C)cc1C. The molecule has 0 aliphatic heterocycles. The molecule has 2 N–H and O–H groups in total. The van der Waals surface area contributed by atoms with E-state index in [0.29, 0.717) is 17.7 Å². The second-order valence-electron chi connectivity index (χ2n) is 4.49. The van der Waals surface area contributed by atoms with Crippen LogP contribution in [0.3, 0.4) is 0 Å². The van der Waals surface area contributed by atoms with Crippen molar-refractivity contribution in [2.24, 2.45) is 0 Å². The molecule has 0 aromatic heterocycles. The normalized spacial score (nSPS) is 11.5. The fraction of sp³-hybridized carbons (Fsp3) is 0.462. The van der Waals surface area contributed by atoms with Crippen molar-refractivity contribution in [2.75, 3.05) is 6.54 Å². The molecule has 19 heavy (non-hydrogen) atoms. The number of sulfonamides is 1. The van der Waals surface area contributed by atoms with Gasteiger partial charge in [-0.05, 0) is 37.5 Å². The number of aromatic carboxylic acids is 1. The third-order valence-electron chi connectivity index (χ3n) is 2.86. The molecule has 0 radical (unpaired) electrons. The third-order valence-corrected chi connectivity index (χ3v) is 4.47. The number of carboxylic acids is 1. The van der Waals surface area contributed by atoms with Gasteiger partial charge in [0.1, 0.15) is 0 Å². The van der Waals surface area contributed by atoms with Gasteiger partial charge in [0.2, 0.25) is 10.0 Å². The first kappa shape index (κ1) is 15.7. The molecule has 0 bridgehead atoms. The van der Waals surface area contributed by atoms with E-state index >= 15 is 0 Å². The Morgan fingerprint density at radius 2 is 1.89 bits per heavy atom. The Bertz CT molecular complexity index is 579. The first-order valence-electron chi connectivity index (χ1n) is 6.13. The lowest BCUT2D eigenvalue weighted by Gasteiger charge is -2.11. The van der Waals surface area contributed by atoms with Gasteiger partial charge in [0.05, 0.1) is 10.5 Å². The molecule has 0 atom stereocenters. The van der Waals surface area contributed by atoms with Gasteiger partial charge in [-0.25, -0.2) is 17.9 Å². The summed E-state index contributed by atoms with van der Waals surface area (Å²) in [5.74, 6) is -1.12. The van der Waals surface area contributed by atoms with Gasteiger partial charge in [-0.15, -0.1) is 0 Å². The van der Waals surface area contributed by atoms with Crippen LogP contribution in [0.15, 0.2) is 17.0 Å². The van der Waals surface area contributed by atoms with Crippen LogP contribution in [0.25, 0.3) is 0 Å². The number of carboxylic acid groups (broad SMARTS) is 1. The average Bonchev–Trinajstić information content (AvgIpc) is 2.28. The Kier molecular flexibility index (Phi) is 5.08. The minimum Gasteiger partial charge on any atom is -0.478 e. The molecule has 0 fully saturated rings. The third kappa shape index (κ3) is 3.78. The molecule has 1 rings (SSSR count).